The Labute approximate surface area is 152 Å². The summed E-state index contributed by atoms with van der Waals surface area (Å²) in [6.45, 7) is 0. The van der Waals surface area contributed by atoms with E-state index in [4.69, 9.17) is 18.4 Å². The quantitative estimate of drug-likeness (QED) is 0.366. The van der Waals surface area contributed by atoms with Crippen molar-refractivity contribution in [2.45, 2.75) is 0 Å². The summed E-state index contributed by atoms with van der Waals surface area (Å²) in [5.74, 6) is -1.03. The van der Waals surface area contributed by atoms with Crippen LogP contribution in [0.4, 0.5) is 8.78 Å². The average Bonchev–Trinajstić information content (AvgIpc) is 2.58. The third-order valence-electron chi connectivity index (χ3n) is 3.16. The molecule has 0 amide bonds. The summed E-state index contributed by atoms with van der Waals surface area (Å²) in [7, 11) is 9.11. The molecule has 0 spiro atoms. The zero-order valence-electron chi connectivity index (χ0n) is 12.8. The molecule has 2 aromatic carbocycles. The van der Waals surface area contributed by atoms with Gasteiger partial charge in [-0.25, -0.2) is 0 Å². The van der Waals surface area contributed by atoms with Gasteiger partial charge in [-0.1, -0.05) is 0 Å². The number of ether oxygens (including phenoxy) is 2. The fraction of sp³-hybridized carbons (Fsp3) is 0.118. The molecule has 126 valence electrons. The Morgan fingerprint density at radius 2 is 1.75 bits per heavy atom. The first-order valence-electron chi connectivity index (χ1n) is 6.71. The van der Waals surface area contributed by atoms with E-state index in [-0.39, 0.29) is 5.56 Å². The second-order valence-corrected chi connectivity index (χ2v) is 7.41. The second-order valence-electron chi connectivity index (χ2n) is 4.67. The van der Waals surface area contributed by atoms with Crippen LogP contribution in [0, 0.1) is 11.6 Å². The third kappa shape index (κ3) is 4.47. The van der Waals surface area contributed by atoms with Gasteiger partial charge in [0.25, 0.3) is 0 Å². The molecule has 0 aliphatic carbocycles. The van der Waals surface area contributed by atoms with Gasteiger partial charge in [-0.15, -0.1) is 0 Å². The molecule has 0 saturated carbocycles. The topological polar surface area (TPSA) is 35.5 Å². The van der Waals surface area contributed by atoms with Gasteiger partial charge < -0.3 is 0 Å². The molecule has 0 fully saturated rings. The average molecular weight is 466 g/mol. The minimum atomic E-state index is -1.22. The van der Waals surface area contributed by atoms with Gasteiger partial charge >= 0.3 is 152 Å². The zero-order valence-corrected chi connectivity index (χ0v) is 15.9. The van der Waals surface area contributed by atoms with E-state index in [1.165, 1.54) is 20.3 Å². The van der Waals surface area contributed by atoms with Gasteiger partial charge in [-0.2, -0.15) is 0 Å². The maximum atomic E-state index is 13.3. The van der Waals surface area contributed by atoms with E-state index in [0.717, 1.165) is 12.1 Å². The molecule has 0 unspecified atom stereocenters. The Morgan fingerprint density at radius 3 is 2.29 bits per heavy atom. The van der Waals surface area contributed by atoms with E-state index in [9.17, 15) is 13.6 Å². The Morgan fingerprint density at radius 1 is 1.08 bits per heavy atom. The molecule has 3 nitrogen and oxygen atoms in total. The van der Waals surface area contributed by atoms with Crippen molar-refractivity contribution < 1.29 is 23.0 Å². The van der Waals surface area contributed by atoms with Gasteiger partial charge in [0.2, 0.25) is 0 Å². The number of halogens is 3. The third-order valence-corrected chi connectivity index (χ3v) is 5.72. The first-order chi connectivity index (χ1) is 11.5. The Hall–Kier alpha value is -1.61. The molecule has 0 heterocycles. The summed E-state index contributed by atoms with van der Waals surface area (Å²) in [5, 5.41) is 0. The number of ketones is 1. The molecule has 2 rings (SSSR count). The predicted octanol–water partition coefficient (Wildman–Crippen LogP) is 4.06. The van der Waals surface area contributed by atoms with Crippen molar-refractivity contribution in [2.75, 3.05) is 14.2 Å². The fourth-order valence-corrected chi connectivity index (χ4v) is 4.03. The monoisotopic (exact) mass is 468 g/mol. The zero-order chi connectivity index (χ0) is 17.7. The first kappa shape index (κ1) is 18.7. The van der Waals surface area contributed by atoms with E-state index in [0.29, 0.717) is 26.7 Å². The molecule has 24 heavy (non-hydrogen) atoms. The van der Waals surface area contributed by atoms with Crippen molar-refractivity contribution in [1.29, 1.82) is 0 Å². The van der Waals surface area contributed by atoms with E-state index in [2.05, 4.69) is 0 Å². The van der Waals surface area contributed by atoms with Gasteiger partial charge in [0.05, 0.1) is 0 Å². The maximum absolute atomic E-state index is 13.3. The molecule has 0 aliphatic rings. The van der Waals surface area contributed by atoms with Crippen molar-refractivity contribution >= 4 is 38.2 Å². The van der Waals surface area contributed by atoms with Crippen molar-refractivity contribution in [3.05, 3.63) is 65.2 Å². The van der Waals surface area contributed by atoms with Gasteiger partial charge in [-0.05, 0) is 0 Å². The van der Waals surface area contributed by atoms with Crippen molar-refractivity contribution in [3.63, 3.8) is 0 Å². The van der Waals surface area contributed by atoms with Gasteiger partial charge in [0.15, 0.2) is 0 Å². The summed E-state index contributed by atoms with van der Waals surface area (Å²) >= 11 is -1.22. The second kappa shape index (κ2) is 8.48. The number of carbonyl (C=O) groups is 1. The molecular weight excluding hydrogens is 453 g/mol. The molecule has 2 aromatic rings. The van der Waals surface area contributed by atoms with Gasteiger partial charge in [0.1, 0.15) is 0 Å². The number of methoxy groups -OCH3 is 2. The molecule has 7 heteroatoms. The molecule has 0 N–H and O–H groups in total. The van der Waals surface area contributed by atoms with Crippen LogP contribution >= 0.6 is 8.96 Å². The summed E-state index contributed by atoms with van der Waals surface area (Å²) in [6, 6.07) is 7.81. The SMILES string of the molecule is COc1ccc(OC)c(/C(=C/C(=O)c2cc(F)cc(F)c2)[Te]Cl)c1. The van der Waals surface area contributed by atoms with E-state index in [1.807, 2.05) is 0 Å². The summed E-state index contributed by atoms with van der Waals surface area (Å²) < 4.78 is 37.6. The van der Waals surface area contributed by atoms with Crippen LogP contribution in [-0.2, 0) is 0 Å². The van der Waals surface area contributed by atoms with Crippen LogP contribution < -0.4 is 9.47 Å². The summed E-state index contributed by atoms with van der Waals surface area (Å²) in [4.78, 5) is 12.3. The van der Waals surface area contributed by atoms with Crippen LogP contribution in [-0.4, -0.2) is 39.8 Å². The molecule has 0 aliphatic heterocycles. The van der Waals surface area contributed by atoms with Gasteiger partial charge in [-0.3, -0.25) is 0 Å². The van der Waals surface area contributed by atoms with E-state index < -0.39 is 37.2 Å². The van der Waals surface area contributed by atoms with Crippen LogP contribution in [0.1, 0.15) is 15.9 Å². The molecule has 0 saturated heterocycles. The summed E-state index contributed by atoms with van der Waals surface area (Å²) in [6.07, 6.45) is 1.29. The number of benzene rings is 2. The van der Waals surface area contributed by atoms with E-state index >= 15 is 0 Å². The number of allylic oxidation sites excluding steroid dienone is 1. The van der Waals surface area contributed by atoms with E-state index in [1.54, 1.807) is 18.2 Å². The van der Waals surface area contributed by atoms with Crippen LogP contribution in [0.5, 0.6) is 11.5 Å². The standard InChI is InChI=1S/C17H13ClF2O3Te/c1-22-13-3-4-16(23-2)14(8-13)17(24-18)9-15(21)10-5-11(19)7-12(20)6-10/h3-9H,1-2H3/b17-9-. The molecule has 0 bridgehead atoms. The minimum absolute atomic E-state index is 0.0792. The van der Waals surface area contributed by atoms with Crippen molar-refractivity contribution in [2.24, 2.45) is 0 Å². The van der Waals surface area contributed by atoms with Crippen molar-refractivity contribution in [3.8, 4) is 11.5 Å². The Balaban J connectivity index is 2.47. The van der Waals surface area contributed by atoms with Crippen LogP contribution in [0.25, 0.3) is 3.62 Å². The van der Waals surface area contributed by atoms with Crippen LogP contribution in [0.3, 0.4) is 0 Å². The van der Waals surface area contributed by atoms with Gasteiger partial charge in [0, 0.05) is 0 Å². The normalized spacial score (nSPS) is 11.3. The molecule has 0 radical (unpaired) electrons. The number of hydrogen-bond acceptors (Lipinski definition) is 3. The number of carbonyl (C=O) groups excluding carboxylic acids is 1. The number of rotatable bonds is 6. The van der Waals surface area contributed by atoms with Crippen molar-refractivity contribution in [1.82, 2.24) is 0 Å². The Kier molecular flexibility index (Phi) is 6.61. The first-order valence-corrected chi connectivity index (χ1v) is 10.8. The summed E-state index contributed by atoms with van der Waals surface area (Å²) in [5.41, 5.74) is 0.545. The fourth-order valence-electron chi connectivity index (χ4n) is 2.05. The van der Waals surface area contributed by atoms with Crippen LogP contribution in [0.15, 0.2) is 42.5 Å². The Bertz CT molecular complexity index is 773. The predicted molar refractivity (Wildman–Crippen MR) is 89.8 cm³/mol. The molecule has 0 aromatic heterocycles. The molecular formula is C17H13ClF2O3Te. The molecule has 0 atom stereocenters. The van der Waals surface area contributed by atoms with Crippen LogP contribution in [0.2, 0.25) is 0 Å². The number of hydrogen-bond donors (Lipinski definition) is 0.